The first-order chi connectivity index (χ1) is 12.8. The van der Waals surface area contributed by atoms with Crippen LogP contribution < -0.4 is 16.8 Å². The second-order valence-electron chi connectivity index (χ2n) is 7.10. The van der Waals surface area contributed by atoms with E-state index in [2.05, 4.69) is 29.7 Å². The highest BCUT2D eigenvalue weighted by Crippen LogP contribution is 2.39. The third-order valence-corrected chi connectivity index (χ3v) is 5.96. The molecule has 0 fully saturated rings. The van der Waals surface area contributed by atoms with Crippen LogP contribution in [0.1, 0.15) is 48.1 Å². The zero-order valence-corrected chi connectivity index (χ0v) is 17.8. The van der Waals surface area contributed by atoms with Crippen molar-refractivity contribution in [3.05, 3.63) is 45.3 Å². The highest BCUT2D eigenvalue weighted by molar-refractivity contribution is 7.82. The van der Waals surface area contributed by atoms with E-state index in [4.69, 9.17) is 5.73 Å². The Bertz CT molecular complexity index is 810. The van der Waals surface area contributed by atoms with Gasteiger partial charge in [0.2, 0.25) is 0 Å². The Morgan fingerprint density at radius 3 is 2.22 bits per heavy atom. The number of fused-ring (bicyclic) bond motifs is 2. The molecule has 0 unspecified atom stereocenters. The van der Waals surface area contributed by atoms with Gasteiger partial charge in [-0.2, -0.15) is 0 Å². The van der Waals surface area contributed by atoms with E-state index in [-0.39, 0.29) is 0 Å². The molecular formula is C20H29N3O2S2. The summed E-state index contributed by atoms with van der Waals surface area (Å²) in [7, 11) is 1.50. The number of aryl methyl sites for hydroxylation is 2. The normalized spacial score (nSPS) is 13.9. The summed E-state index contributed by atoms with van der Waals surface area (Å²) < 4.78 is 0.942. The fourth-order valence-corrected chi connectivity index (χ4v) is 4.46. The van der Waals surface area contributed by atoms with Crippen LogP contribution in [0.2, 0.25) is 0 Å². The van der Waals surface area contributed by atoms with Gasteiger partial charge in [-0.1, -0.05) is 6.07 Å². The highest BCUT2D eigenvalue weighted by Gasteiger charge is 2.25. The minimum atomic E-state index is -0.725. The molecule has 0 saturated carbocycles. The lowest BCUT2D eigenvalue weighted by molar-refractivity contribution is 0.0789. The molecule has 7 heteroatoms. The van der Waals surface area contributed by atoms with Crippen LogP contribution in [0.15, 0.2) is 21.7 Å². The van der Waals surface area contributed by atoms with E-state index < -0.39 is 11.6 Å². The van der Waals surface area contributed by atoms with Gasteiger partial charge in [0.05, 0.1) is 9.81 Å². The Balaban J connectivity index is 0.000000191. The Morgan fingerprint density at radius 1 is 1.15 bits per heavy atom. The standard InChI is InChI=1S/C12H14N2O.C7H10OS2.CH5N/c13-12(15)14-11-9-3-1-2-7(9)6-8-4-5-10(8)11;1-7(2,8)5-3-6(9)10-4-5;1-2/h6H,1-5H2,(H3,13,14,15);3-4,8-9H,1-2H3;2H2,1H3. The second kappa shape index (κ2) is 9.10. The summed E-state index contributed by atoms with van der Waals surface area (Å²) in [5, 5.41) is 14.2. The average Bonchev–Trinajstić information content (AvgIpc) is 3.21. The van der Waals surface area contributed by atoms with Crippen LogP contribution in [-0.4, -0.2) is 18.2 Å². The summed E-state index contributed by atoms with van der Waals surface area (Å²) in [5.74, 6) is 0. The van der Waals surface area contributed by atoms with Crippen molar-refractivity contribution in [1.82, 2.24) is 0 Å². The summed E-state index contributed by atoms with van der Waals surface area (Å²) in [6.07, 6.45) is 5.66. The van der Waals surface area contributed by atoms with Crippen molar-refractivity contribution < 1.29 is 9.90 Å². The molecule has 0 bridgehead atoms. The number of thiophene rings is 1. The first-order valence-electron chi connectivity index (χ1n) is 9.06. The number of nitrogens with one attached hydrogen (secondary N) is 1. The van der Waals surface area contributed by atoms with Gasteiger partial charge in [-0.05, 0) is 92.3 Å². The molecule has 1 aromatic carbocycles. The maximum absolute atomic E-state index is 11.0. The third kappa shape index (κ3) is 5.25. The van der Waals surface area contributed by atoms with E-state index in [0.29, 0.717) is 0 Å². The number of hydrogen-bond acceptors (Lipinski definition) is 5. The van der Waals surface area contributed by atoms with Gasteiger partial charge >= 0.3 is 6.03 Å². The quantitative estimate of drug-likeness (QED) is 0.492. The van der Waals surface area contributed by atoms with Crippen molar-refractivity contribution in [2.75, 3.05) is 12.4 Å². The molecule has 0 spiro atoms. The van der Waals surface area contributed by atoms with Crippen molar-refractivity contribution in [3.63, 3.8) is 0 Å². The lowest BCUT2D eigenvalue weighted by Crippen LogP contribution is -2.24. The maximum Gasteiger partial charge on any atom is 0.316 e. The Hall–Kier alpha value is -1.54. The van der Waals surface area contributed by atoms with E-state index >= 15 is 0 Å². The first kappa shape index (κ1) is 21.8. The van der Waals surface area contributed by atoms with Gasteiger partial charge in [-0.3, -0.25) is 0 Å². The summed E-state index contributed by atoms with van der Waals surface area (Å²) in [4.78, 5) is 11.0. The SMILES string of the molecule is CC(C)(O)c1csc(S)c1.CN.NC(=O)Nc1c2c(cc3c1CC3)CCC2. The lowest BCUT2D eigenvalue weighted by atomic mass is 9.83. The number of primary amides is 1. The number of rotatable bonds is 2. The van der Waals surface area contributed by atoms with Gasteiger partial charge in [-0.15, -0.1) is 24.0 Å². The van der Waals surface area contributed by atoms with Gasteiger partial charge in [0, 0.05) is 5.69 Å². The van der Waals surface area contributed by atoms with Crippen LogP contribution in [0, 0.1) is 0 Å². The fraction of sp³-hybridized carbons (Fsp3) is 0.450. The third-order valence-electron chi connectivity index (χ3n) is 4.78. The molecule has 0 radical (unpaired) electrons. The van der Waals surface area contributed by atoms with Gasteiger partial charge in [-0.25, -0.2) is 4.79 Å². The Labute approximate surface area is 170 Å². The zero-order valence-electron chi connectivity index (χ0n) is 16.1. The summed E-state index contributed by atoms with van der Waals surface area (Å²) in [6, 6.07) is 3.76. The minimum Gasteiger partial charge on any atom is -0.386 e. The molecule has 1 aromatic heterocycles. The summed E-state index contributed by atoms with van der Waals surface area (Å²) in [5.41, 5.74) is 16.4. The van der Waals surface area contributed by atoms with Crippen LogP contribution in [0.5, 0.6) is 0 Å². The van der Waals surface area contributed by atoms with Crippen molar-refractivity contribution in [2.24, 2.45) is 11.5 Å². The number of carbonyl (C=O) groups is 1. The van der Waals surface area contributed by atoms with Crippen molar-refractivity contribution in [2.45, 2.75) is 55.8 Å². The van der Waals surface area contributed by atoms with Gasteiger partial charge < -0.3 is 21.9 Å². The molecule has 4 rings (SSSR count). The van der Waals surface area contributed by atoms with Crippen LogP contribution in [0.3, 0.4) is 0 Å². The van der Waals surface area contributed by atoms with Gasteiger partial charge in [0.1, 0.15) is 0 Å². The number of thiol groups is 1. The second-order valence-corrected chi connectivity index (χ2v) is 8.80. The molecule has 6 N–H and O–H groups in total. The lowest BCUT2D eigenvalue weighted by Gasteiger charge is -2.25. The Kier molecular flexibility index (Phi) is 7.33. The number of nitrogens with two attached hydrogens (primary N) is 2. The molecule has 0 atom stereocenters. The molecular weight excluding hydrogens is 378 g/mol. The van der Waals surface area contributed by atoms with E-state index in [0.717, 1.165) is 41.1 Å². The van der Waals surface area contributed by atoms with E-state index in [1.165, 1.54) is 47.1 Å². The summed E-state index contributed by atoms with van der Waals surface area (Å²) >= 11 is 5.68. The molecule has 2 aliphatic carbocycles. The predicted octanol–water partition coefficient (Wildman–Crippen LogP) is 3.60. The average molecular weight is 408 g/mol. The smallest absolute Gasteiger partial charge is 0.316 e. The molecule has 27 heavy (non-hydrogen) atoms. The molecule has 5 nitrogen and oxygen atoms in total. The fourth-order valence-electron chi connectivity index (χ4n) is 3.36. The van der Waals surface area contributed by atoms with Gasteiger partial charge in [0.15, 0.2) is 0 Å². The molecule has 2 aliphatic rings. The molecule has 0 saturated heterocycles. The Morgan fingerprint density at radius 2 is 1.78 bits per heavy atom. The minimum absolute atomic E-state index is 0.440. The molecule has 2 aromatic rings. The van der Waals surface area contributed by atoms with Crippen LogP contribution >= 0.6 is 24.0 Å². The van der Waals surface area contributed by atoms with Crippen LogP contribution in [-0.2, 0) is 31.3 Å². The largest absolute Gasteiger partial charge is 0.386 e. The number of urea groups is 1. The van der Waals surface area contributed by atoms with Gasteiger partial charge in [0.25, 0.3) is 0 Å². The van der Waals surface area contributed by atoms with E-state index in [1.54, 1.807) is 13.8 Å². The number of hydrogen-bond donors (Lipinski definition) is 5. The van der Waals surface area contributed by atoms with Crippen molar-refractivity contribution >= 4 is 35.7 Å². The van der Waals surface area contributed by atoms with Crippen molar-refractivity contribution in [3.8, 4) is 0 Å². The molecule has 1 heterocycles. The highest BCUT2D eigenvalue weighted by atomic mass is 32.2. The molecule has 0 aliphatic heterocycles. The molecule has 148 valence electrons. The number of benzene rings is 1. The zero-order chi connectivity index (χ0) is 20.2. The number of amides is 2. The number of aliphatic hydroxyl groups is 1. The topological polar surface area (TPSA) is 101 Å². The maximum atomic E-state index is 11.0. The predicted molar refractivity (Wildman–Crippen MR) is 116 cm³/mol. The van der Waals surface area contributed by atoms with E-state index in [1.807, 2.05) is 11.4 Å². The monoisotopic (exact) mass is 407 g/mol. The van der Waals surface area contributed by atoms with Crippen molar-refractivity contribution in [1.29, 1.82) is 0 Å². The van der Waals surface area contributed by atoms with Crippen LogP contribution in [0.25, 0.3) is 0 Å². The molecule has 2 amide bonds. The van der Waals surface area contributed by atoms with E-state index in [9.17, 15) is 9.90 Å². The number of anilines is 1. The number of carbonyl (C=O) groups excluding carboxylic acids is 1. The van der Waals surface area contributed by atoms with Crippen LogP contribution in [0.4, 0.5) is 10.5 Å². The summed E-state index contributed by atoms with van der Waals surface area (Å²) in [6.45, 7) is 3.53. The first-order valence-corrected chi connectivity index (χ1v) is 10.4.